The van der Waals surface area contributed by atoms with Crippen LogP contribution in [0.3, 0.4) is 0 Å². The largest absolute Gasteiger partial charge is 0.495 e. The van der Waals surface area contributed by atoms with Crippen LogP contribution in [-0.2, 0) is 11.3 Å². The van der Waals surface area contributed by atoms with Gasteiger partial charge in [0.05, 0.1) is 25.9 Å². The third kappa shape index (κ3) is 3.91. The normalized spacial score (nSPS) is 11.0. The Morgan fingerprint density at radius 3 is 2.81 bits per heavy atom. The monoisotopic (exact) mass is 291 g/mol. The van der Waals surface area contributed by atoms with Crippen LogP contribution >= 0.6 is 0 Å². The van der Waals surface area contributed by atoms with Crippen molar-refractivity contribution < 1.29 is 9.47 Å². The van der Waals surface area contributed by atoms with Gasteiger partial charge in [-0.15, -0.1) is 5.10 Å². The van der Waals surface area contributed by atoms with Crippen LogP contribution < -0.4 is 10.5 Å². The lowest BCUT2D eigenvalue weighted by Crippen LogP contribution is -2.11. The van der Waals surface area contributed by atoms with Gasteiger partial charge in [0.15, 0.2) is 5.82 Å². The van der Waals surface area contributed by atoms with Gasteiger partial charge in [0.25, 0.3) is 0 Å². The first-order chi connectivity index (χ1) is 10.1. The van der Waals surface area contributed by atoms with Gasteiger partial charge in [-0.1, -0.05) is 13.8 Å². The van der Waals surface area contributed by atoms with Gasteiger partial charge in [-0.05, 0) is 34.5 Å². The molecule has 0 saturated heterocycles. The minimum atomic E-state index is 0.514. The summed E-state index contributed by atoms with van der Waals surface area (Å²) in [6.07, 6.45) is 0. The topological polar surface area (TPSA) is 88.1 Å². The molecule has 0 saturated carbocycles. The molecule has 2 rings (SSSR count). The summed E-state index contributed by atoms with van der Waals surface area (Å²) in [6.45, 7) is 6.13. The molecule has 0 fully saturated rings. The molecule has 1 heterocycles. The summed E-state index contributed by atoms with van der Waals surface area (Å²) in [5.74, 6) is 1.82. The third-order valence-electron chi connectivity index (χ3n) is 2.92. The van der Waals surface area contributed by atoms with Crippen LogP contribution in [0.5, 0.6) is 5.75 Å². The minimum absolute atomic E-state index is 0.514. The van der Waals surface area contributed by atoms with Crippen LogP contribution in [-0.4, -0.2) is 40.5 Å². The lowest BCUT2D eigenvalue weighted by atomic mass is 10.2. The molecule has 0 spiro atoms. The van der Waals surface area contributed by atoms with Crippen molar-refractivity contribution in [2.24, 2.45) is 5.92 Å². The zero-order valence-electron chi connectivity index (χ0n) is 12.6. The Morgan fingerprint density at radius 1 is 1.33 bits per heavy atom. The molecule has 0 radical (unpaired) electrons. The Labute approximate surface area is 124 Å². The average Bonchev–Trinajstić information content (AvgIpc) is 2.91. The van der Waals surface area contributed by atoms with E-state index in [0.717, 1.165) is 12.2 Å². The molecule has 0 atom stereocenters. The smallest absolute Gasteiger partial charge is 0.182 e. The number of rotatable bonds is 7. The van der Waals surface area contributed by atoms with Gasteiger partial charge in [-0.3, -0.25) is 0 Å². The van der Waals surface area contributed by atoms with Crippen molar-refractivity contribution in [3.63, 3.8) is 0 Å². The maximum Gasteiger partial charge on any atom is 0.182 e. The Hall–Kier alpha value is -2.15. The molecule has 114 valence electrons. The highest BCUT2D eigenvalue weighted by Crippen LogP contribution is 2.26. The highest BCUT2D eigenvalue weighted by molar-refractivity contribution is 5.66. The number of aromatic nitrogens is 4. The summed E-state index contributed by atoms with van der Waals surface area (Å²) in [5.41, 5.74) is 7.32. The summed E-state index contributed by atoms with van der Waals surface area (Å²) >= 11 is 0. The quantitative estimate of drug-likeness (QED) is 0.616. The molecule has 0 aliphatic carbocycles. The fourth-order valence-corrected chi connectivity index (χ4v) is 1.91. The predicted octanol–water partition coefficient (Wildman–Crippen LogP) is 1.60. The lowest BCUT2D eigenvalue weighted by Gasteiger charge is -2.09. The zero-order valence-corrected chi connectivity index (χ0v) is 12.6. The molecule has 2 aromatic rings. The van der Waals surface area contributed by atoms with Gasteiger partial charge in [0.2, 0.25) is 0 Å². The summed E-state index contributed by atoms with van der Waals surface area (Å²) in [4.78, 5) is 0. The van der Waals surface area contributed by atoms with Crippen LogP contribution in [0.1, 0.15) is 13.8 Å². The highest BCUT2D eigenvalue weighted by atomic mass is 16.5. The number of nitrogen functional groups attached to an aromatic ring is 1. The first-order valence-corrected chi connectivity index (χ1v) is 6.89. The Bertz CT molecular complexity index is 582. The van der Waals surface area contributed by atoms with Crippen molar-refractivity contribution in [2.45, 2.75) is 20.4 Å². The van der Waals surface area contributed by atoms with Crippen LogP contribution in [0.25, 0.3) is 11.4 Å². The number of nitrogens with two attached hydrogens (primary N) is 1. The van der Waals surface area contributed by atoms with Gasteiger partial charge >= 0.3 is 0 Å². The molecule has 0 amide bonds. The molecule has 7 heteroatoms. The number of nitrogens with zero attached hydrogens (tertiary/aromatic N) is 4. The molecule has 1 aromatic heterocycles. The molecule has 0 aliphatic rings. The number of hydrogen-bond donors (Lipinski definition) is 1. The van der Waals surface area contributed by atoms with Crippen molar-refractivity contribution in [3.05, 3.63) is 18.2 Å². The second-order valence-corrected chi connectivity index (χ2v) is 5.15. The van der Waals surface area contributed by atoms with Crippen LogP contribution in [0, 0.1) is 5.92 Å². The number of methoxy groups -OCH3 is 1. The van der Waals surface area contributed by atoms with E-state index >= 15 is 0 Å². The third-order valence-corrected chi connectivity index (χ3v) is 2.92. The summed E-state index contributed by atoms with van der Waals surface area (Å²) in [6, 6.07) is 5.49. The average molecular weight is 291 g/mol. The lowest BCUT2D eigenvalue weighted by molar-refractivity contribution is 0.101. The SMILES string of the molecule is COc1ccc(-c2nnnn2CCOCC(C)C)cc1N. The van der Waals surface area contributed by atoms with E-state index < -0.39 is 0 Å². The fourth-order valence-electron chi connectivity index (χ4n) is 1.91. The first-order valence-electron chi connectivity index (χ1n) is 6.89. The molecular weight excluding hydrogens is 270 g/mol. The number of hydrogen-bond acceptors (Lipinski definition) is 6. The van der Waals surface area contributed by atoms with Crippen molar-refractivity contribution in [1.29, 1.82) is 0 Å². The standard InChI is InChI=1S/C14H21N5O2/c1-10(2)9-21-7-6-19-14(16-17-18-19)11-4-5-13(20-3)12(15)8-11/h4-5,8,10H,6-7,9,15H2,1-3H3. The summed E-state index contributed by atoms with van der Waals surface area (Å²) < 4.78 is 12.4. The number of ether oxygens (including phenoxy) is 2. The number of anilines is 1. The van der Waals surface area contributed by atoms with Crippen molar-refractivity contribution in [3.8, 4) is 17.1 Å². The number of tetrazole rings is 1. The van der Waals surface area contributed by atoms with Crippen LogP contribution in [0.2, 0.25) is 0 Å². The maximum atomic E-state index is 5.92. The van der Waals surface area contributed by atoms with Gasteiger partial charge in [0, 0.05) is 12.2 Å². The van der Waals surface area contributed by atoms with Gasteiger partial charge < -0.3 is 15.2 Å². The van der Waals surface area contributed by atoms with Crippen LogP contribution in [0.15, 0.2) is 18.2 Å². The maximum absolute atomic E-state index is 5.92. The second-order valence-electron chi connectivity index (χ2n) is 5.15. The molecule has 0 bridgehead atoms. The zero-order chi connectivity index (χ0) is 15.2. The van der Waals surface area contributed by atoms with E-state index in [1.54, 1.807) is 23.9 Å². The van der Waals surface area contributed by atoms with Crippen molar-refractivity contribution >= 4 is 5.69 Å². The molecule has 2 N–H and O–H groups in total. The van der Waals surface area contributed by atoms with E-state index in [1.165, 1.54) is 0 Å². The predicted molar refractivity (Wildman–Crippen MR) is 79.9 cm³/mol. The van der Waals surface area contributed by atoms with Crippen LogP contribution in [0.4, 0.5) is 5.69 Å². The molecule has 7 nitrogen and oxygen atoms in total. The molecular formula is C14H21N5O2. The Morgan fingerprint density at radius 2 is 2.14 bits per heavy atom. The molecule has 0 aliphatic heterocycles. The van der Waals surface area contributed by atoms with E-state index in [-0.39, 0.29) is 0 Å². The highest BCUT2D eigenvalue weighted by Gasteiger charge is 2.11. The summed E-state index contributed by atoms with van der Waals surface area (Å²) in [5, 5.41) is 11.8. The first kappa shape index (κ1) is 15.2. The van der Waals surface area contributed by atoms with E-state index in [2.05, 4.69) is 29.4 Å². The van der Waals surface area contributed by atoms with Crippen molar-refractivity contribution in [1.82, 2.24) is 20.2 Å². The van der Waals surface area contributed by atoms with Gasteiger partial charge in [0.1, 0.15) is 5.75 Å². The van der Waals surface area contributed by atoms with E-state index in [9.17, 15) is 0 Å². The van der Waals surface area contributed by atoms with E-state index in [4.69, 9.17) is 15.2 Å². The minimum Gasteiger partial charge on any atom is -0.495 e. The molecule has 21 heavy (non-hydrogen) atoms. The Balaban J connectivity index is 2.07. The van der Waals surface area contributed by atoms with Crippen molar-refractivity contribution in [2.75, 3.05) is 26.1 Å². The molecule has 1 aromatic carbocycles. The van der Waals surface area contributed by atoms with E-state index in [1.807, 2.05) is 6.07 Å². The van der Waals surface area contributed by atoms with Gasteiger partial charge in [-0.2, -0.15) is 0 Å². The molecule has 0 unspecified atom stereocenters. The van der Waals surface area contributed by atoms with Gasteiger partial charge in [-0.25, -0.2) is 4.68 Å². The van der Waals surface area contributed by atoms with E-state index in [0.29, 0.717) is 36.3 Å². The fraction of sp³-hybridized carbons (Fsp3) is 0.500. The summed E-state index contributed by atoms with van der Waals surface area (Å²) in [7, 11) is 1.58. The Kier molecular flexibility index (Phi) is 5.10. The second kappa shape index (κ2) is 7.03. The number of benzene rings is 1.